The molecule has 12 heteroatoms. The molecule has 0 aliphatic carbocycles. The molecule has 38 heavy (non-hydrogen) atoms. The van der Waals surface area contributed by atoms with Crippen LogP contribution in [0, 0.1) is 10.1 Å². The first-order valence-electron chi connectivity index (χ1n) is 11.8. The number of hydrogen-bond donors (Lipinski definition) is 1. The summed E-state index contributed by atoms with van der Waals surface area (Å²) in [5.41, 5.74) is 1.12. The summed E-state index contributed by atoms with van der Waals surface area (Å²) in [6.45, 7) is 5.39. The fourth-order valence-electron chi connectivity index (χ4n) is 3.90. The standard InChI is InChI=1S/C26H27N3O8S/c1-26(2,3)37-25(31)35-21-15-27-20(14-16-4-6-17(7-5-16)22-12-13-28-38-22)23(21)36-24(30)34-19-10-8-18(9-11-19)29(32)33/h4-13,20-21,23,27H,14-15H2,1-3H3/t20-,21+,23+/m1/s1. The highest BCUT2D eigenvalue weighted by Gasteiger charge is 2.42. The Morgan fingerprint density at radius 3 is 2.37 bits per heavy atom. The molecular weight excluding hydrogens is 514 g/mol. The molecule has 0 unspecified atom stereocenters. The molecule has 3 atom stereocenters. The highest BCUT2D eigenvalue weighted by atomic mass is 32.1. The van der Waals surface area contributed by atoms with Gasteiger partial charge in [-0.3, -0.25) is 10.1 Å². The maximum absolute atomic E-state index is 12.6. The third kappa shape index (κ3) is 7.26. The third-order valence-corrected chi connectivity index (χ3v) is 6.39. The lowest BCUT2D eigenvalue weighted by atomic mass is 10.00. The lowest BCUT2D eigenvalue weighted by molar-refractivity contribution is -0.384. The van der Waals surface area contributed by atoms with Crippen LogP contribution < -0.4 is 10.1 Å². The zero-order valence-electron chi connectivity index (χ0n) is 21.0. The topological polar surface area (TPSA) is 139 Å². The van der Waals surface area contributed by atoms with Gasteiger partial charge in [0.2, 0.25) is 0 Å². The Balaban J connectivity index is 1.46. The summed E-state index contributed by atoms with van der Waals surface area (Å²) in [7, 11) is 0. The lowest BCUT2D eigenvalue weighted by Crippen LogP contribution is -2.41. The predicted octanol–water partition coefficient (Wildman–Crippen LogP) is 5.14. The van der Waals surface area contributed by atoms with E-state index in [-0.39, 0.29) is 24.0 Å². The molecule has 1 aliphatic heterocycles. The molecule has 2 aromatic carbocycles. The normalized spacial score (nSPS) is 19.0. The summed E-state index contributed by atoms with van der Waals surface area (Å²) < 4.78 is 25.7. The van der Waals surface area contributed by atoms with Crippen molar-refractivity contribution in [3.8, 4) is 16.2 Å². The van der Waals surface area contributed by atoms with Crippen molar-refractivity contribution >= 4 is 29.5 Å². The van der Waals surface area contributed by atoms with Crippen LogP contribution in [0.3, 0.4) is 0 Å². The summed E-state index contributed by atoms with van der Waals surface area (Å²) in [6, 6.07) is 14.5. The number of nitrogens with zero attached hydrogens (tertiary/aromatic N) is 2. The molecule has 0 saturated carbocycles. The minimum atomic E-state index is -1.03. The van der Waals surface area contributed by atoms with Crippen LogP contribution in [0.25, 0.3) is 10.4 Å². The Morgan fingerprint density at radius 1 is 1.05 bits per heavy atom. The SMILES string of the molecule is CC(C)(C)OC(=O)O[C@H]1CN[C@H](Cc2ccc(-c3ccns3)cc2)[C@@H]1OC(=O)Oc1ccc([N+](=O)[O-])cc1. The van der Waals surface area contributed by atoms with Crippen LogP contribution in [0.4, 0.5) is 15.3 Å². The molecule has 1 aromatic heterocycles. The second-order valence-corrected chi connectivity index (χ2v) is 10.4. The summed E-state index contributed by atoms with van der Waals surface area (Å²) in [6.07, 6.45) is -1.39. The Kier molecular flexibility index (Phi) is 8.23. The van der Waals surface area contributed by atoms with E-state index in [4.69, 9.17) is 18.9 Å². The quantitative estimate of drug-likeness (QED) is 0.185. The van der Waals surface area contributed by atoms with Crippen molar-refractivity contribution in [2.45, 2.75) is 51.0 Å². The molecule has 2 heterocycles. The van der Waals surface area contributed by atoms with E-state index < -0.39 is 35.0 Å². The maximum atomic E-state index is 12.6. The van der Waals surface area contributed by atoms with E-state index in [1.807, 2.05) is 30.3 Å². The Labute approximate surface area is 223 Å². The number of ether oxygens (including phenoxy) is 4. The molecule has 0 spiro atoms. The van der Waals surface area contributed by atoms with Crippen LogP contribution >= 0.6 is 11.5 Å². The number of hydrogen-bond acceptors (Lipinski definition) is 11. The molecule has 3 aromatic rings. The van der Waals surface area contributed by atoms with E-state index in [9.17, 15) is 19.7 Å². The van der Waals surface area contributed by atoms with E-state index in [0.717, 1.165) is 16.0 Å². The molecule has 1 N–H and O–H groups in total. The number of nitro benzene ring substituents is 1. The van der Waals surface area contributed by atoms with E-state index >= 15 is 0 Å². The van der Waals surface area contributed by atoms with Crippen LogP contribution in [0.1, 0.15) is 26.3 Å². The highest BCUT2D eigenvalue weighted by molar-refractivity contribution is 7.09. The Morgan fingerprint density at radius 2 is 1.76 bits per heavy atom. The van der Waals surface area contributed by atoms with Gasteiger partial charge in [-0.25, -0.2) is 14.0 Å². The van der Waals surface area contributed by atoms with E-state index in [1.54, 1.807) is 27.0 Å². The van der Waals surface area contributed by atoms with Crippen molar-refractivity contribution in [3.63, 3.8) is 0 Å². The molecule has 11 nitrogen and oxygen atoms in total. The van der Waals surface area contributed by atoms with Crippen LogP contribution in [0.15, 0.2) is 60.8 Å². The van der Waals surface area contributed by atoms with E-state index in [2.05, 4.69) is 9.69 Å². The van der Waals surface area contributed by atoms with Gasteiger partial charge in [0.1, 0.15) is 11.4 Å². The van der Waals surface area contributed by atoms with Gasteiger partial charge in [-0.2, -0.15) is 0 Å². The van der Waals surface area contributed by atoms with Crippen molar-refractivity contribution in [1.82, 2.24) is 9.69 Å². The maximum Gasteiger partial charge on any atom is 0.514 e. The second-order valence-electron chi connectivity index (χ2n) is 9.60. The van der Waals surface area contributed by atoms with Gasteiger partial charge in [0.15, 0.2) is 12.2 Å². The summed E-state index contributed by atoms with van der Waals surface area (Å²) in [4.78, 5) is 36.3. The van der Waals surface area contributed by atoms with Crippen molar-refractivity contribution in [3.05, 3.63) is 76.5 Å². The number of nitrogens with one attached hydrogen (secondary N) is 1. The van der Waals surface area contributed by atoms with Crippen LogP contribution in [0.5, 0.6) is 5.75 Å². The largest absolute Gasteiger partial charge is 0.514 e. The van der Waals surface area contributed by atoms with Gasteiger partial charge < -0.3 is 24.3 Å². The highest BCUT2D eigenvalue weighted by Crippen LogP contribution is 2.26. The average molecular weight is 542 g/mol. The first kappa shape index (κ1) is 27.0. The molecule has 0 radical (unpaired) electrons. The number of carbonyl (C=O) groups is 2. The fourth-order valence-corrected chi connectivity index (χ4v) is 4.50. The van der Waals surface area contributed by atoms with Gasteiger partial charge in [-0.1, -0.05) is 24.3 Å². The monoisotopic (exact) mass is 541 g/mol. The van der Waals surface area contributed by atoms with Crippen LogP contribution in [-0.4, -0.2) is 52.0 Å². The Hall–Kier alpha value is -4.03. The zero-order chi connectivity index (χ0) is 27.3. The first-order valence-corrected chi connectivity index (χ1v) is 12.6. The average Bonchev–Trinajstić information content (AvgIpc) is 3.50. The van der Waals surface area contributed by atoms with Gasteiger partial charge in [-0.05, 0) is 68.1 Å². The first-order chi connectivity index (χ1) is 18.1. The number of aromatic nitrogens is 1. The van der Waals surface area contributed by atoms with Gasteiger partial charge in [0.25, 0.3) is 5.69 Å². The van der Waals surface area contributed by atoms with Crippen molar-refractivity contribution in [1.29, 1.82) is 0 Å². The van der Waals surface area contributed by atoms with Crippen molar-refractivity contribution < 1.29 is 33.5 Å². The molecular formula is C26H27N3O8S. The minimum Gasteiger partial charge on any atom is -0.429 e. The molecule has 1 saturated heterocycles. The van der Waals surface area contributed by atoms with Crippen LogP contribution in [0.2, 0.25) is 0 Å². The van der Waals surface area contributed by atoms with Crippen molar-refractivity contribution in [2.24, 2.45) is 0 Å². The number of benzene rings is 2. The Bertz CT molecular complexity index is 1260. The smallest absolute Gasteiger partial charge is 0.429 e. The number of carbonyl (C=O) groups excluding carboxylic acids is 2. The molecule has 0 amide bonds. The summed E-state index contributed by atoms with van der Waals surface area (Å²) in [5.74, 6) is 0.0753. The third-order valence-electron chi connectivity index (χ3n) is 5.59. The van der Waals surface area contributed by atoms with Crippen molar-refractivity contribution in [2.75, 3.05) is 6.54 Å². The van der Waals surface area contributed by atoms with Gasteiger partial charge in [0, 0.05) is 24.9 Å². The summed E-state index contributed by atoms with van der Waals surface area (Å²) >= 11 is 1.41. The summed E-state index contributed by atoms with van der Waals surface area (Å²) in [5, 5.41) is 14.1. The zero-order valence-corrected chi connectivity index (χ0v) is 21.8. The second kappa shape index (κ2) is 11.6. The molecule has 200 valence electrons. The molecule has 0 bridgehead atoms. The van der Waals surface area contributed by atoms with Crippen LogP contribution in [-0.2, 0) is 20.6 Å². The van der Waals surface area contributed by atoms with E-state index in [0.29, 0.717) is 6.42 Å². The molecule has 1 aliphatic rings. The lowest BCUT2D eigenvalue weighted by Gasteiger charge is -2.25. The van der Waals surface area contributed by atoms with Gasteiger partial charge in [0.05, 0.1) is 15.8 Å². The molecule has 1 fully saturated rings. The molecule has 4 rings (SSSR count). The fraction of sp³-hybridized carbons (Fsp3) is 0.346. The number of nitro groups is 1. The number of non-ortho nitro benzene ring substituents is 1. The minimum absolute atomic E-state index is 0.0753. The van der Waals surface area contributed by atoms with Gasteiger partial charge in [-0.15, -0.1) is 0 Å². The van der Waals surface area contributed by atoms with E-state index in [1.165, 1.54) is 35.8 Å². The predicted molar refractivity (Wildman–Crippen MR) is 138 cm³/mol. The number of rotatable bonds is 7. The van der Waals surface area contributed by atoms with Gasteiger partial charge >= 0.3 is 12.3 Å².